The Morgan fingerprint density at radius 2 is 2.04 bits per heavy atom. The average molecular weight is 434 g/mol. The lowest BCUT2D eigenvalue weighted by molar-refractivity contribution is 0.0239. The fourth-order valence-electron chi connectivity index (χ4n) is 2.23. The van der Waals surface area contributed by atoms with E-state index in [0.717, 1.165) is 19.2 Å². The predicted octanol–water partition coefficient (Wildman–Crippen LogP) is 3.19. The van der Waals surface area contributed by atoms with Crippen LogP contribution in [0.3, 0.4) is 0 Å². The number of hydrogen-bond acceptors (Lipinski definition) is 6. The molecule has 0 N–H and O–H groups in total. The molecule has 0 aromatic carbocycles. The molecule has 0 aliphatic carbocycles. The molecule has 0 fully saturated rings. The average Bonchev–Trinajstić information content (AvgIpc) is 3.09. The molecule has 0 bridgehead atoms. The monoisotopic (exact) mass is 433 g/mol. The molecule has 0 spiro atoms. The van der Waals surface area contributed by atoms with E-state index in [-0.39, 0.29) is 17.3 Å². The van der Waals surface area contributed by atoms with Crippen LogP contribution < -0.4 is 0 Å². The molecule has 7 nitrogen and oxygen atoms in total. The van der Waals surface area contributed by atoms with E-state index < -0.39 is 21.7 Å². The summed E-state index contributed by atoms with van der Waals surface area (Å²) in [6.45, 7) is 5.92. The van der Waals surface area contributed by atoms with Crippen molar-refractivity contribution in [1.29, 1.82) is 0 Å². The number of nitrogens with zero attached hydrogens (tertiary/aromatic N) is 3. The minimum absolute atomic E-state index is 0.208. The third kappa shape index (κ3) is 3.35. The van der Waals surface area contributed by atoms with Crippen molar-refractivity contribution in [3.63, 3.8) is 0 Å². The van der Waals surface area contributed by atoms with Gasteiger partial charge in [-0.05, 0) is 48.8 Å². The summed E-state index contributed by atoms with van der Waals surface area (Å²) in [6, 6.07) is 3.21. The van der Waals surface area contributed by atoms with Crippen LogP contribution in [0.15, 0.2) is 26.3 Å². The Bertz CT molecular complexity index is 872. The molecule has 1 aliphatic rings. The number of carbonyl (C=O) groups is 1. The Kier molecular flexibility index (Phi) is 4.25. The van der Waals surface area contributed by atoms with Crippen molar-refractivity contribution in [3.05, 3.63) is 33.4 Å². The van der Waals surface area contributed by atoms with Gasteiger partial charge in [-0.3, -0.25) is 4.90 Å². The highest BCUT2D eigenvalue weighted by atomic mass is 79.9. The van der Waals surface area contributed by atoms with Crippen LogP contribution in [-0.4, -0.2) is 34.2 Å². The summed E-state index contributed by atoms with van der Waals surface area (Å²) < 4.78 is 32.3. The molecule has 0 saturated carbocycles. The number of thiophene rings is 1. The number of rotatable bonds is 2. The van der Waals surface area contributed by atoms with Crippen molar-refractivity contribution >= 4 is 43.4 Å². The minimum atomic E-state index is -3.70. The zero-order valence-corrected chi connectivity index (χ0v) is 16.5. The normalized spacial score (nSPS) is 14.8. The predicted molar refractivity (Wildman–Crippen MR) is 92.3 cm³/mol. The van der Waals surface area contributed by atoms with Crippen LogP contribution in [-0.2, 0) is 27.8 Å². The Balaban J connectivity index is 1.79. The number of amides is 1. The number of ether oxygens (including phenoxy) is 1. The molecule has 2 aromatic heterocycles. The molecule has 0 unspecified atom stereocenters. The SMILES string of the molecule is CC(C)(C)OC(=O)N1Cc2cn(S(=O)(=O)c3ccc(Br)s3)nc2C1. The molecule has 3 rings (SSSR count). The Morgan fingerprint density at radius 1 is 1.33 bits per heavy atom. The van der Waals surface area contributed by atoms with Gasteiger partial charge in [-0.15, -0.1) is 11.3 Å². The van der Waals surface area contributed by atoms with E-state index in [1.54, 1.807) is 26.8 Å². The summed E-state index contributed by atoms with van der Waals surface area (Å²) in [6.07, 6.45) is 1.03. The summed E-state index contributed by atoms with van der Waals surface area (Å²) in [7, 11) is -3.70. The number of halogens is 1. The number of aromatic nitrogens is 2. The third-order valence-electron chi connectivity index (χ3n) is 3.26. The first-order chi connectivity index (χ1) is 11.1. The minimum Gasteiger partial charge on any atom is -0.444 e. The van der Waals surface area contributed by atoms with Gasteiger partial charge in [0.25, 0.3) is 10.0 Å². The molecular weight excluding hydrogens is 418 g/mol. The first kappa shape index (κ1) is 17.4. The zero-order valence-electron chi connectivity index (χ0n) is 13.3. The fraction of sp³-hybridized carbons (Fsp3) is 0.429. The highest BCUT2D eigenvalue weighted by Crippen LogP contribution is 2.29. The van der Waals surface area contributed by atoms with Crippen LogP contribution in [0.4, 0.5) is 4.79 Å². The molecule has 0 saturated heterocycles. The fourth-order valence-corrected chi connectivity index (χ4v) is 5.49. The van der Waals surface area contributed by atoms with Gasteiger partial charge in [0.05, 0.1) is 22.6 Å². The van der Waals surface area contributed by atoms with E-state index in [0.29, 0.717) is 11.3 Å². The van der Waals surface area contributed by atoms with E-state index in [9.17, 15) is 13.2 Å². The van der Waals surface area contributed by atoms with E-state index in [1.165, 1.54) is 17.2 Å². The van der Waals surface area contributed by atoms with E-state index >= 15 is 0 Å². The lowest BCUT2D eigenvalue weighted by atomic mass is 10.2. The molecule has 2 aromatic rings. The van der Waals surface area contributed by atoms with Gasteiger partial charge in [0.15, 0.2) is 0 Å². The topological polar surface area (TPSA) is 81.5 Å². The molecule has 1 amide bonds. The van der Waals surface area contributed by atoms with Gasteiger partial charge in [0.2, 0.25) is 0 Å². The van der Waals surface area contributed by atoms with Gasteiger partial charge in [-0.2, -0.15) is 17.6 Å². The van der Waals surface area contributed by atoms with Crippen molar-refractivity contribution in [2.75, 3.05) is 0 Å². The molecular formula is C14H16BrN3O4S2. The first-order valence-electron chi connectivity index (χ1n) is 7.12. The summed E-state index contributed by atoms with van der Waals surface area (Å²) >= 11 is 4.38. The highest BCUT2D eigenvalue weighted by molar-refractivity contribution is 9.11. The largest absolute Gasteiger partial charge is 0.444 e. The van der Waals surface area contributed by atoms with Gasteiger partial charge in [-0.25, -0.2) is 4.79 Å². The van der Waals surface area contributed by atoms with Crippen molar-refractivity contribution in [1.82, 2.24) is 14.1 Å². The summed E-state index contributed by atoms with van der Waals surface area (Å²) in [5.74, 6) is 0. The number of carbonyl (C=O) groups excluding carboxylic acids is 1. The lowest BCUT2D eigenvalue weighted by Crippen LogP contribution is -2.33. The second-order valence-corrected chi connectivity index (χ2v) is 10.9. The maximum Gasteiger partial charge on any atom is 0.410 e. The van der Waals surface area contributed by atoms with Gasteiger partial charge in [0.1, 0.15) is 9.81 Å². The Morgan fingerprint density at radius 3 is 2.58 bits per heavy atom. The van der Waals surface area contributed by atoms with Crippen LogP contribution in [0, 0.1) is 0 Å². The van der Waals surface area contributed by atoms with Crippen molar-refractivity contribution in [2.24, 2.45) is 0 Å². The van der Waals surface area contributed by atoms with E-state index in [1.807, 2.05) is 0 Å². The molecule has 1 aliphatic heterocycles. The number of hydrogen-bond donors (Lipinski definition) is 0. The molecule has 10 heteroatoms. The van der Waals surface area contributed by atoms with Gasteiger partial charge in [-0.1, -0.05) is 0 Å². The van der Waals surface area contributed by atoms with Crippen LogP contribution in [0.5, 0.6) is 0 Å². The van der Waals surface area contributed by atoms with Gasteiger partial charge < -0.3 is 4.74 Å². The molecule has 3 heterocycles. The Hall–Kier alpha value is -1.39. The van der Waals surface area contributed by atoms with Crippen LogP contribution in [0.25, 0.3) is 0 Å². The van der Waals surface area contributed by atoms with Crippen molar-refractivity contribution in [3.8, 4) is 0 Å². The molecule has 0 atom stereocenters. The molecule has 0 radical (unpaired) electrons. The molecule has 130 valence electrons. The highest BCUT2D eigenvalue weighted by Gasteiger charge is 2.32. The van der Waals surface area contributed by atoms with Crippen molar-refractivity contribution in [2.45, 2.75) is 43.7 Å². The summed E-state index contributed by atoms with van der Waals surface area (Å²) in [4.78, 5) is 13.6. The lowest BCUT2D eigenvalue weighted by Gasteiger charge is -2.24. The number of fused-ring (bicyclic) bond motifs is 1. The standard InChI is InChI=1S/C14H16BrN3O4S2/c1-14(2,3)22-13(19)17-6-9-7-18(16-10(9)8-17)24(20,21)12-5-4-11(15)23-12/h4-5,7H,6,8H2,1-3H3. The summed E-state index contributed by atoms with van der Waals surface area (Å²) in [5, 5.41) is 4.15. The van der Waals surface area contributed by atoms with Crippen molar-refractivity contribution < 1.29 is 17.9 Å². The van der Waals surface area contributed by atoms with Gasteiger partial charge in [0, 0.05) is 11.8 Å². The van der Waals surface area contributed by atoms with E-state index in [2.05, 4.69) is 21.0 Å². The first-order valence-corrected chi connectivity index (χ1v) is 10.2. The maximum atomic E-state index is 12.5. The maximum absolute atomic E-state index is 12.5. The van der Waals surface area contributed by atoms with Crippen LogP contribution >= 0.6 is 27.3 Å². The second kappa shape index (κ2) is 5.85. The van der Waals surface area contributed by atoms with Gasteiger partial charge >= 0.3 is 6.09 Å². The third-order valence-corrected chi connectivity index (χ3v) is 6.88. The second-order valence-electron chi connectivity index (χ2n) is 6.37. The van der Waals surface area contributed by atoms with Crippen LogP contribution in [0.2, 0.25) is 0 Å². The quantitative estimate of drug-likeness (QED) is 0.725. The summed E-state index contributed by atoms with van der Waals surface area (Å²) in [5.41, 5.74) is 0.701. The Labute approximate surface area is 152 Å². The smallest absolute Gasteiger partial charge is 0.410 e. The van der Waals surface area contributed by atoms with E-state index in [4.69, 9.17) is 4.74 Å². The van der Waals surface area contributed by atoms with Crippen LogP contribution in [0.1, 0.15) is 32.0 Å². The molecule has 24 heavy (non-hydrogen) atoms. The zero-order chi connectivity index (χ0) is 17.7.